The number of amides is 1. The minimum absolute atomic E-state index is 0.266. The molecular formula is C30H29BN5O2. The van der Waals surface area contributed by atoms with Crippen LogP contribution in [-0.4, -0.2) is 27.7 Å². The highest BCUT2D eigenvalue weighted by molar-refractivity contribution is 6.51. The van der Waals surface area contributed by atoms with Gasteiger partial charge in [-0.15, -0.1) is 0 Å². The molecule has 0 spiro atoms. The summed E-state index contributed by atoms with van der Waals surface area (Å²) in [6, 6.07) is 25.1. The quantitative estimate of drug-likeness (QED) is 0.245. The second-order valence-electron chi connectivity index (χ2n) is 9.39. The monoisotopic (exact) mass is 502 g/mol. The molecule has 8 heteroatoms. The van der Waals surface area contributed by atoms with E-state index in [1.165, 1.54) is 5.56 Å². The average Bonchev–Trinajstić information content (AvgIpc) is 3.23. The summed E-state index contributed by atoms with van der Waals surface area (Å²) in [6.45, 7) is 6.33. The summed E-state index contributed by atoms with van der Waals surface area (Å²) in [5.41, 5.74) is 6.09. The minimum atomic E-state index is -0.305. The molecule has 5 aromatic rings. The molecule has 3 aromatic carbocycles. The van der Waals surface area contributed by atoms with Crippen molar-refractivity contribution < 1.29 is 9.53 Å². The van der Waals surface area contributed by atoms with Crippen molar-refractivity contribution in [2.75, 3.05) is 10.6 Å². The number of rotatable bonds is 8. The molecule has 0 saturated carbocycles. The second-order valence-corrected chi connectivity index (χ2v) is 9.39. The average molecular weight is 502 g/mol. The molecule has 5 rings (SSSR count). The minimum Gasteiger partial charge on any atom is -0.457 e. The molecule has 0 saturated heterocycles. The van der Waals surface area contributed by atoms with Crippen LogP contribution in [0.25, 0.3) is 11.0 Å². The standard InChI is InChI=1S/C30H29BN5O2/c1-19(2)20-6-5-7-23(16-20)34-30-35-26-17-24(12-13-28(26)36(30)4)38-25-14-15-32-27(18-25)29(37)33-22-10-8-21(31-3)9-11-22/h5-19H,1-4H3,(H,33,37)(H,34,35). The number of pyridine rings is 1. The summed E-state index contributed by atoms with van der Waals surface area (Å²) < 4.78 is 8.09. The van der Waals surface area contributed by atoms with Crippen molar-refractivity contribution in [2.24, 2.45) is 7.05 Å². The fourth-order valence-electron chi connectivity index (χ4n) is 4.15. The van der Waals surface area contributed by atoms with Crippen molar-refractivity contribution in [3.05, 3.63) is 96.3 Å². The Morgan fingerprint density at radius 1 is 0.947 bits per heavy atom. The van der Waals surface area contributed by atoms with Gasteiger partial charge < -0.3 is 19.9 Å². The Kier molecular flexibility index (Phi) is 7.13. The van der Waals surface area contributed by atoms with Crippen molar-refractivity contribution in [1.82, 2.24) is 14.5 Å². The third-order valence-electron chi connectivity index (χ3n) is 6.36. The number of imidazole rings is 1. The Labute approximate surface area is 223 Å². The van der Waals surface area contributed by atoms with Gasteiger partial charge in [-0.25, -0.2) is 4.98 Å². The highest BCUT2D eigenvalue weighted by atomic mass is 16.5. The first kappa shape index (κ1) is 25.1. The van der Waals surface area contributed by atoms with Crippen LogP contribution in [-0.2, 0) is 7.05 Å². The van der Waals surface area contributed by atoms with Crippen molar-refractivity contribution >= 4 is 47.0 Å². The van der Waals surface area contributed by atoms with E-state index in [2.05, 4.69) is 47.7 Å². The van der Waals surface area contributed by atoms with Gasteiger partial charge >= 0.3 is 0 Å². The number of carbonyl (C=O) groups excluding carboxylic acids is 1. The molecule has 38 heavy (non-hydrogen) atoms. The lowest BCUT2D eigenvalue weighted by Gasteiger charge is -2.10. The zero-order valence-electron chi connectivity index (χ0n) is 21.9. The summed E-state index contributed by atoms with van der Waals surface area (Å²) in [6.07, 6.45) is 1.56. The van der Waals surface area contributed by atoms with Crippen LogP contribution < -0.4 is 20.8 Å². The van der Waals surface area contributed by atoms with Crippen molar-refractivity contribution in [1.29, 1.82) is 0 Å². The van der Waals surface area contributed by atoms with Crippen LogP contribution in [0.1, 0.15) is 35.8 Å². The zero-order valence-corrected chi connectivity index (χ0v) is 21.9. The maximum absolute atomic E-state index is 12.7. The first-order valence-electron chi connectivity index (χ1n) is 12.6. The number of hydrogen-bond donors (Lipinski definition) is 2. The Bertz CT molecular complexity index is 1590. The number of fused-ring (bicyclic) bond motifs is 1. The molecule has 1 radical (unpaired) electrons. The lowest BCUT2D eigenvalue weighted by Crippen LogP contribution is -2.15. The second kappa shape index (κ2) is 10.8. The van der Waals surface area contributed by atoms with Crippen LogP contribution in [0.2, 0.25) is 6.82 Å². The van der Waals surface area contributed by atoms with E-state index in [-0.39, 0.29) is 11.6 Å². The third-order valence-corrected chi connectivity index (χ3v) is 6.36. The lowest BCUT2D eigenvalue weighted by molar-refractivity contribution is 0.102. The van der Waals surface area contributed by atoms with Gasteiger partial charge in [0.1, 0.15) is 24.5 Å². The summed E-state index contributed by atoms with van der Waals surface area (Å²) in [7, 11) is 3.98. The molecule has 2 aromatic heterocycles. The highest BCUT2D eigenvalue weighted by Gasteiger charge is 2.12. The van der Waals surface area contributed by atoms with E-state index in [0.717, 1.165) is 28.1 Å². The zero-order chi connectivity index (χ0) is 26.6. The Balaban J connectivity index is 1.32. The van der Waals surface area contributed by atoms with Gasteiger partial charge in [0.05, 0.1) is 11.0 Å². The lowest BCUT2D eigenvalue weighted by atomic mass is 9.73. The third kappa shape index (κ3) is 5.54. The van der Waals surface area contributed by atoms with Crippen molar-refractivity contribution in [3.63, 3.8) is 0 Å². The fraction of sp³-hybridized carbons (Fsp3) is 0.167. The molecule has 189 valence electrons. The largest absolute Gasteiger partial charge is 0.457 e. The smallest absolute Gasteiger partial charge is 0.274 e. The first-order valence-corrected chi connectivity index (χ1v) is 12.6. The fourth-order valence-corrected chi connectivity index (χ4v) is 4.15. The number of ether oxygens (including phenoxy) is 1. The van der Waals surface area contributed by atoms with Crippen LogP contribution in [0, 0.1) is 0 Å². The van der Waals surface area contributed by atoms with Crippen LogP contribution in [0.15, 0.2) is 85.1 Å². The van der Waals surface area contributed by atoms with E-state index in [0.29, 0.717) is 23.1 Å². The van der Waals surface area contributed by atoms with E-state index >= 15 is 0 Å². The first-order chi connectivity index (χ1) is 18.4. The molecule has 2 N–H and O–H groups in total. The molecule has 2 heterocycles. The summed E-state index contributed by atoms with van der Waals surface area (Å²) in [5.74, 6) is 2.02. The predicted molar refractivity (Wildman–Crippen MR) is 154 cm³/mol. The summed E-state index contributed by atoms with van der Waals surface area (Å²) in [4.78, 5) is 21.7. The summed E-state index contributed by atoms with van der Waals surface area (Å²) in [5, 5.41) is 6.30. The van der Waals surface area contributed by atoms with E-state index in [9.17, 15) is 4.79 Å². The summed E-state index contributed by atoms with van der Waals surface area (Å²) >= 11 is 0. The van der Waals surface area contributed by atoms with E-state index < -0.39 is 0 Å². The van der Waals surface area contributed by atoms with E-state index in [1.54, 1.807) is 18.3 Å². The Hall–Kier alpha value is -4.59. The number of nitrogens with zero attached hydrogens (tertiary/aromatic N) is 3. The van der Waals surface area contributed by atoms with Gasteiger partial charge in [0.2, 0.25) is 5.95 Å². The van der Waals surface area contributed by atoms with Gasteiger partial charge in [-0.05, 0) is 53.9 Å². The SMILES string of the molecule is C[B]c1ccc(NC(=O)c2cc(Oc3ccc4c(c3)nc(Nc3cccc(C(C)C)c3)n4C)ccn2)cc1. The molecule has 1 amide bonds. The highest BCUT2D eigenvalue weighted by Crippen LogP contribution is 2.29. The van der Waals surface area contributed by atoms with Gasteiger partial charge in [0.25, 0.3) is 5.91 Å². The van der Waals surface area contributed by atoms with Gasteiger partial charge in [-0.3, -0.25) is 9.78 Å². The number of benzene rings is 3. The van der Waals surface area contributed by atoms with Gasteiger partial charge in [0, 0.05) is 36.8 Å². The molecule has 0 bridgehead atoms. The van der Waals surface area contributed by atoms with Crippen LogP contribution >= 0.6 is 0 Å². The molecule has 7 nitrogen and oxygen atoms in total. The number of hydrogen-bond acceptors (Lipinski definition) is 5. The van der Waals surface area contributed by atoms with Gasteiger partial charge in [0.15, 0.2) is 0 Å². The molecule has 0 aliphatic rings. The number of nitrogens with one attached hydrogen (secondary N) is 2. The number of carbonyl (C=O) groups is 1. The van der Waals surface area contributed by atoms with Gasteiger partial charge in [-0.2, -0.15) is 0 Å². The molecular weight excluding hydrogens is 473 g/mol. The number of aromatic nitrogens is 3. The van der Waals surface area contributed by atoms with E-state index in [4.69, 9.17) is 9.72 Å². The van der Waals surface area contributed by atoms with Crippen molar-refractivity contribution in [3.8, 4) is 11.5 Å². The van der Waals surface area contributed by atoms with Crippen LogP contribution in [0.3, 0.4) is 0 Å². The van der Waals surface area contributed by atoms with Crippen LogP contribution in [0.5, 0.6) is 11.5 Å². The molecule has 0 atom stereocenters. The Morgan fingerprint density at radius 2 is 1.74 bits per heavy atom. The normalized spacial score (nSPS) is 11.0. The number of aryl methyl sites for hydroxylation is 1. The Morgan fingerprint density at radius 3 is 2.50 bits per heavy atom. The van der Waals surface area contributed by atoms with Crippen LogP contribution in [0.4, 0.5) is 17.3 Å². The number of anilines is 3. The molecule has 0 fully saturated rings. The molecule has 0 unspecified atom stereocenters. The topological polar surface area (TPSA) is 81.1 Å². The van der Waals surface area contributed by atoms with E-state index in [1.807, 2.05) is 74.2 Å². The van der Waals surface area contributed by atoms with Gasteiger partial charge in [-0.1, -0.05) is 50.4 Å². The van der Waals surface area contributed by atoms with Crippen molar-refractivity contribution in [2.45, 2.75) is 26.6 Å². The maximum Gasteiger partial charge on any atom is 0.274 e. The molecule has 0 aliphatic heterocycles. The molecule has 0 aliphatic carbocycles. The maximum atomic E-state index is 12.7. The predicted octanol–water partition coefficient (Wildman–Crippen LogP) is 6.26.